The van der Waals surface area contributed by atoms with Crippen molar-refractivity contribution in [2.24, 2.45) is 7.05 Å². The van der Waals surface area contributed by atoms with Crippen LogP contribution in [0.15, 0.2) is 29.3 Å². The molecule has 2 heterocycles. The second kappa shape index (κ2) is 8.20. The van der Waals surface area contributed by atoms with E-state index in [1.165, 1.54) is 30.8 Å². The van der Waals surface area contributed by atoms with Gasteiger partial charge in [0.15, 0.2) is 11.4 Å². The number of aryl methyl sites for hydroxylation is 2. The summed E-state index contributed by atoms with van der Waals surface area (Å²) in [6, 6.07) is 5.93. The third kappa shape index (κ3) is 4.02. The van der Waals surface area contributed by atoms with Gasteiger partial charge in [0.05, 0.1) is 17.7 Å². The van der Waals surface area contributed by atoms with Crippen molar-refractivity contribution in [1.29, 1.82) is 5.26 Å². The van der Waals surface area contributed by atoms with E-state index in [-0.39, 0.29) is 22.9 Å². The fourth-order valence-corrected chi connectivity index (χ4v) is 4.47. The van der Waals surface area contributed by atoms with Crippen molar-refractivity contribution in [2.75, 3.05) is 11.9 Å². The van der Waals surface area contributed by atoms with E-state index in [2.05, 4.69) is 21.9 Å². The van der Waals surface area contributed by atoms with Gasteiger partial charge >= 0.3 is 0 Å². The van der Waals surface area contributed by atoms with Gasteiger partial charge in [0.1, 0.15) is 17.6 Å². The number of nitriles is 1. The van der Waals surface area contributed by atoms with Gasteiger partial charge in [-0.2, -0.15) is 5.26 Å². The molecular formula is C20H20N4O5S. The predicted octanol–water partition coefficient (Wildman–Crippen LogP) is 0.881. The Morgan fingerprint density at radius 1 is 1.47 bits per heavy atom. The summed E-state index contributed by atoms with van der Waals surface area (Å²) in [7, 11) is -2.54. The number of hydrogen-bond donors (Lipinski definition) is 3. The quantitative estimate of drug-likeness (QED) is 0.622. The molecule has 0 fully saturated rings. The Bertz CT molecular complexity index is 1210. The Hall–Kier alpha value is -3.31. The van der Waals surface area contributed by atoms with Crippen LogP contribution < -0.4 is 14.8 Å². The zero-order valence-corrected chi connectivity index (χ0v) is 17.4. The molecule has 1 aliphatic rings. The van der Waals surface area contributed by atoms with Gasteiger partial charge in [-0.05, 0) is 31.5 Å². The number of amides is 1. The molecule has 30 heavy (non-hydrogen) atoms. The summed E-state index contributed by atoms with van der Waals surface area (Å²) in [5, 5.41) is 21.9. The molecule has 156 valence electrons. The van der Waals surface area contributed by atoms with Crippen LogP contribution in [0.5, 0.6) is 5.75 Å². The number of hydrogen-bond acceptors (Lipinski definition) is 6. The first-order valence-electron chi connectivity index (χ1n) is 8.94. The summed E-state index contributed by atoms with van der Waals surface area (Å²) in [4.78, 5) is 12.7. The fraction of sp³-hybridized carbons (Fsp3) is 0.300. The second-order valence-electron chi connectivity index (χ2n) is 6.76. The molecule has 1 amide bonds. The summed E-state index contributed by atoms with van der Waals surface area (Å²) in [6.45, 7) is 3.09. The van der Waals surface area contributed by atoms with E-state index in [9.17, 15) is 18.3 Å². The van der Waals surface area contributed by atoms with Crippen molar-refractivity contribution >= 4 is 21.6 Å². The van der Waals surface area contributed by atoms with Gasteiger partial charge in [-0.1, -0.05) is 12.0 Å². The number of benzene rings is 1. The van der Waals surface area contributed by atoms with Gasteiger partial charge in [0, 0.05) is 18.9 Å². The fourth-order valence-electron chi connectivity index (χ4n) is 3.05. The molecule has 1 aliphatic heterocycles. The molecule has 1 aromatic carbocycles. The number of aliphatic hydroxyl groups excluding tert-OH is 1. The average Bonchev–Trinajstić information content (AvgIpc) is 2.97. The number of aromatic nitrogens is 1. The van der Waals surface area contributed by atoms with Crippen molar-refractivity contribution in [3.8, 4) is 23.7 Å². The molecule has 3 N–H and O–H groups in total. The number of carbonyl (C=O) groups excluding carboxylic acids is 1. The third-order valence-electron chi connectivity index (χ3n) is 4.61. The highest BCUT2D eigenvalue weighted by Crippen LogP contribution is 2.33. The first kappa shape index (κ1) is 21.4. The molecule has 2 aromatic rings. The maximum atomic E-state index is 12.9. The van der Waals surface area contributed by atoms with Crippen LogP contribution in [0, 0.1) is 30.1 Å². The molecule has 1 aromatic heterocycles. The van der Waals surface area contributed by atoms with E-state index in [1.54, 1.807) is 19.1 Å². The van der Waals surface area contributed by atoms with Gasteiger partial charge in [-0.15, -0.1) is 5.92 Å². The van der Waals surface area contributed by atoms with Crippen LogP contribution in [-0.2, 0) is 17.1 Å². The lowest BCUT2D eigenvalue weighted by atomic mass is 10.1. The SMILES string of the molecule is CC#CC(O)C1COc2c(cn(C)c2C(=O)Nc2ccc(C)c(C#N)c2)S(=O)(=O)N1. The number of anilines is 1. The molecule has 9 nitrogen and oxygen atoms in total. The molecule has 0 saturated carbocycles. The highest BCUT2D eigenvalue weighted by molar-refractivity contribution is 7.89. The minimum Gasteiger partial charge on any atom is -0.488 e. The van der Waals surface area contributed by atoms with Crippen LogP contribution in [0.3, 0.4) is 0 Å². The number of ether oxygens (including phenoxy) is 1. The largest absolute Gasteiger partial charge is 0.488 e. The number of aliphatic hydroxyl groups is 1. The van der Waals surface area contributed by atoms with E-state index in [1.807, 2.05) is 6.07 Å². The van der Waals surface area contributed by atoms with E-state index in [0.717, 1.165) is 5.56 Å². The minimum atomic E-state index is -4.06. The van der Waals surface area contributed by atoms with Gasteiger partial charge in [0.2, 0.25) is 10.0 Å². The third-order valence-corrected chi connectivity index (χ3v) is 6.09. The summed E-state index contributed by atoms with van der Waals surface area (Å²) in [5.41, 5.74) is 1.56. The molecular weight excluding hydrogens is 408 g/mol. The highest BCUT2D eigenvalue weighted by Gasteiger charge is 2.36. The summed E-state index contributed by atoms with van der Waals surface area (Å²) in [5.74, 6) is 4.29. The average molecular weight is 428 g/mol. The van der Waals surface area contributed by atoms with Gasteiger partial charge in [0.25, 0.3) is 5.91 Å². The van der Waals surface area contributed by atoms with Crippen LogP contribution in [0.4, 0.5) is 5.69 Å². The number of rotatable bonds is 3. The Morgan fingerprint density at radius 3 is 2.87 bits per heavy atom. The van der Waals surface area contributed by atoms with Crippen molar-refractivity contribution in [2.45, 2.75) is 30.9 Å². The van der Waals surface area contributed by atoms with Crippen LogP contribution in [0.2, 0.25) is 0 Å². The first-order valence-corrected chi connectivity index (χ1v) is 10.4. The Labute approximate surface area is 174 Å². The molecule has 2 atom stereocenters. The van der Waals surface area contributed by atoms with Gasteiger partial charge in [-0.3, -0.25) is 4.79 Å². The molecule has 0 radical (unpaired) electrons. The van der Waals surface area contributed by atoms with E-state index >= 15 is 0 Å². The number of nitrogens with zero attached hydrogens (tertiary/aromatic N) is 2. The number of carbonyl (C=O) groups is 1. The molecule has 0 saturated heterocycles. The van der Waals surface area contributed by atoms with Crippen LogP contribution in [-0.4, -0.2) is 42.8 Å². The van der Waals surface area contributed by atoms with Gasteiger partial charge < -0.3 is 19.7 Å². The van der Waals surface area contributed by atoms with E-state index < -0.39 is 28.1 Å². The van der Waals surface area contributed by atoms with E-state index in [0.29, 0.717) is 11.3 Å². The predicted molar refractivity (Wildman–Crippen MR) is 108 cm³/mol. The van der Waals surface area contributed by atoms with Crippen molar-refractivity contribution in [3.05, 3.63) is 41.2 Å². The topological polar surface area (TPSA) is 133 Å². The Balaban J connectivity index is 1.96. The van der Waals surface area contributed by atoms with Gasteiger partial charge in [-0.25, -0.2) is 13.1 Å². The number of sulfonamides is 1. The normalized spacial score (nSPS) is 17.9. The lowest BCUT2D eigenvalue weighted by Crippen LogP contribution is -2.45. The smallest absolute Gasteiger partial charge is 0.276 e. The maximum absolute atomic E-state index is 12.9. The zero-order chi connectivity index (χ0) is 22.1. The summed E-state index contributed by atoms with van der Waals surface area (Å²) in [6.07, 6.45) is -0.000324. The van der Waals surface area contributed by atoms with Crippen molar-refractivity contribution in [3.63, 3.8) is 0 Å². The minimum absolute atomic E-state index is 0.00817. The summed E-state index contributed by atoms with van der Waals surface area (Å²) >= 11 is 0. The zero-order valence-electron chi connectivity index (χ0n) is 16.6. The number of fused-ring (bicyclic) bond motifs is 1. The molecule has 0 bridgehead atoms. The highest BCUT2D eigenvalue weighted by atomic mass is 32.2. The Morgan fingerprint density at radius 2 is 2.20 bits per heavy atom. The molecule has 0 aliphatic carbocycles. The molecule has 3 rings (SSSR count). The standard InChI is InChI=1S/C20H20N4O5S/c1-4-5-16(25)15-11-29-19-17(30(27,28)23-15)10-24(3)18(19)20(26)22-14-7-6-12(2)13(8-14)9-21/h6-8,10,15-16,23,25H,11H2,1-3H3,(H,22,26). The lowest BCUT2D eigenvalue weighted by molar-refractivity contribution is 0.101. The number of nitrogens with one attached hydrogen (secondary N) is 2. The maximum Gasteiger partial charge on any atom is 0.276 e. The molecule has 0 spiro atoms. The van der Waals surface area contributed by atoms with E-state index in [4.69, 9.17) is 10.00 Å². The Kier molecular flexibility index (Phi) is 5.85. The monoisotopic (exact) mass is 428 g/mol. The van der Waals surface area contributed by atoms with Crippen molar-refractivity contribution in [1.82, 2.24) is 9.29 Å². The van der Waals surface area contributed by atoms with Crippen LogP contribution in [0.1, 0.15) is 28.5 Å². The molecule has 10 heteroatoms. The van der Waals surface area contributed by atoms with Crippen LogP contribution >= 0.6 is 0 Å². The first-order chi connectivity index (χ1) is 14.2. The molecule has 2 unspecified atom stereocenters. The second-order valence-corrected chi connectivity index (χ2v) is 8.44. The lowest BCUT2D eigenvalue weighted by Gasteiger charge is -2.17. The summed E-state index contributed by atoms with van der Waals surface area (Å²) < 4.78 is 34.8. The van der Waals surface area contributed by atoms with Crippen molar-refractivity contribution < 1.29 is 23.1 Å². The van der Waals surface area contributed by atoms with Crippen LogP contribution in [0.25, 0.3) is 0 Å².